The van der Waals surface area contributed by atoms with E-state index in [2.05, 4.69) is 32.5 Å². The lowest BCUT2D eigenvalue weighted by Gasteiger charge is -2.11. The SMILES string of the molecule is CCNC(=NCc1cccnc1OCC)NCc1sc(C)nc1C.I. The van der Waals surface area contributed by atoms with Crippen LogP contribution >= 0.6 is 35.3 Å². The van der Waals surface area contributed by atoms with Crippen LogP contribution in [-0.4, -0.2) is 29.1 Å². The number of hydrogen-bond acceptors (Lipinski definition) is 5. The van der Waals surface area contributed by atoms with Crippen LogP contribution in [0.5, 0.6) is 5.88 Å². The summed E-state index contributed by atoms with van der Waals surface area (Å²) in [6, 6.07) is 3.89. The summed E-state index contributed by atoms with van der Waals surface area (Å²) in [5.74, 6) is 1.42. The third kappa shape index (κ3) is 6.77. The highest BCUT2D eigenvalue weighted by Crippen LogP contribution is 2.17. The molecule has 0 aliphatic rings. The van der Waals surface area contributed by atoms with Gasteiger partial charge in [0.15, 0.2) is 5.96 Å². The summed E-state index contributed by atoms with van der Waals surface area (Å²) < 4.78 is 5.55. The number of nitrogens with one attached hydrogen (secondary N) is 2. The Morgan fingerprint density at radius 1 is 1.28 bits per heavy atom. The van der Waals surface area contributed by atoms with Crippen molar-refractivity contribution >= 4 is 41.3 Å². The number of thiazole rings is 1. The van der Waals surface area contributed by atoms with Gasteiger partial charge in [-0.2, -0.15) is 0 Å². The number of aryl methyl sites for hydroxylation is 2. The van der Waals surface area contributed by atoms with Gasteiger partial charge in [-0.1, -0.05) is 6.07 Å². The zero-order valence-electron chi connectivity index (χ0n) is 15.1. The monoisotopic (exact) mass is 475 g/mol. The Morgan fingerprint density at radius 3 is 2.72 bits per heavy atom. The van der Waals surface area contributed by atoms with E-state index in [0.29, 0.717) is 25.6 Å². The van der Waals surface area contributed by atoms with Crippen molar-refractivity contribution in [3.63, 3.8) is 0 Å². The number of pyridine rings is 1. The molecule has 0 radical (unpaired) electrons. The van der Waals surface area contributed by atoms with E-state index in [1.165, 1.54) is 4.88 Å². The van der Waals surface area contributed by atoms with Gasteiger partial charge in [-0.25, -0.2) is 15.0 Å². The largest absolute Gasteiger partial charge is 0.478 e. The number of hydrogen-bond donors (Lipinski definition) is 2. The second-order valence-electron chi connectivity index (χ2n) is 5.19. The van der Waals surface area contributed by atoms with Gasteiger partial charge in [-0.3, -0.25) is 0 Å². The predicted molar refractivity (Wildman–Crippen MR) is 114 cm³/mol. The maximum atomic E-state index is 5.55. The molecule has 6 nitrogen and oxygen atoms in total. The van der Waals surface area contributed by atoms with Crippen LogP contribution in [0.2, 0.25) is 0 Å². The summed E-state index contributed by atoms with van der Waals surface area (Å²) in [7, 11) is 0. The number of aliphatic imine (C=N–C) groups is 1. The lowest BCUT2D eigenvalue weighted by Crippen LogP contribution is -2.36. The molecule has 138 valence electrons. The fourth-order valence-electron chi connectivity index (χ4n) is 2.22. The Bertz CT molecular complexity index is 689. The molecular formula is C17H26IN5OS. The van der Waals surface area contributed by atoms with Crippen LogP contribution in [0.25, 0.3) is 0 Å². The first-order chi connectivity index (χ1) is 11.6. The fraction of sp³-hybridized carbons (Fsp3) is 0.471. The van der Waals surface area contributed by atoms with Crippen molar-refractivity contribution in [3.05, 3.63) is 39.5 Å². The number of guanidine groups is 1. The predicted octanol–water partition coefficient (Wildman–Crippen LogP) is 3.43. The van der Waals surface area contributed by atoms with Crippen molar-refractivity contribution < 1.29 is 4.74 Å². The Balaban J connectivity index is 0.00000312. The van der Waals surface area contributed by atoms with Crippen molar-refractivity contribution in [1.29, 1.82) is 0 Å². The molecule has 0 amide bonds. The first kappa shape index (κ1) is 21.6. The van der Waals surface area contributed by atoms with E-state index in [9.17, 15) is 0 Å². The number of aromatic nitrogens is 2. The maximum Gasteiger partial charge on any atom is 0.218 e. The van der Waals surface area contributed by atoms with Gasteiger partial charge in [0.25, 0.3) is 0 Å². The van der Waals surface area contributed by atoms with Crippen LogP contribution in [0, 0.1) is 13.8 Å². The zero-order chi connectivity index (χ0) is 17.4. The molecule has 0 atom stereocenters. The molecule has 0 unspecified atom stereocenters. The van der Waals surface area contributed by atoms with Crippen molar-refractivity contribution in [2.75, 3.05) is 13.2 Å². The molecule has 2 aromatic heterocycles. The second-order valence-corrected chi connectivity index (χ2v) is 6.48. The van der Waals surface area contributed by atoms with Gasteiger partial charge >= 0.3 is 0 Å². The average molecular weight is 475 g/mol. The molecule has 2 N–H and O–H groups in total. The van der Waals surface area contributed by atoms with Crippen molar-refractivity contribution in [3.8, 4) is 5.88 Å². The molecule has 0 saturated carbocycles. The smallest absolute Gasteiger partial charge is 0.218 e. The topological polar surface area (TPSA) is 71.4 Å². The van der Waals surface area contributed by atoms with E-state index in [0.717, 1.165) is 28.8 Å². The summed E-state index contributed by atoms with van der Waals surface area (Å²) in [5, 5.41) is 7.71. The van der Waals surface area contributed by atoms with Crippen LogP contribution in [0.3, 0.4) is 0 Å². The van der Waals surface area contributed by atoms with E-state index < -0.39 is 0 Å². The van der Waals surface area contributed by atoms with Crippen molar-refractivity contribution in [2.45, 2.75) is 40.8 Å². The Hall–Kier alpha value is -1.42. The molecule has 2 aromatic rings. The van der Waals surface area contributed by atoms with Crippen molar-refractivity contribution in [1.82, 2.24) is 20.6 Å². The molecule has 0 aliphatic carbocycles. The second kappa shape index (κ2) is 11.2. The lowest BCUT2D eigenvalue weighted by molar-refractivity contribution is 0.323. The lowest BCUT2D eigenvalue weighted by atomic mass is 10.3. The number of halogens is 1. The molecule has 25 heavy (non-hydrogen) atoms. The van der Waals surface area contributed by atoms with Crippen LogP contribution in [-0.2, 0) is 13.1 Å². The number of nitrogens with zero attached hydrogens (tertiary/aromatic N) is 3. The van der Waals surface area contributed by atoms with E-state index in [1.54, 1.807) is 17.5 Å². The molecule has 2 rings (SSSR count). The van der Waals surface area contributed by atoms with Gasteiger partial charge in [-0.15, -0.1) is 35.3 Å². The van der Waals surface area contributed by atoms with E-state index in [4.69, 9.17) is 4.74 Å². The maximum absolute atomic E-state index is 5.55. The molecule has 0 spiro atoms. The number of ether oxygens (including phenoxy) is 1. The molecule has 8 heteroatoms. The quantitative estimate of drug-likeness (QED) is 0.365. The first-order valence-electron chi connectivity index (χ1n) is 8.15. The van der Waals surface area contributed by atoms with Crippen LogP contribution in [0.1, 0.15) is 35.0 Å². The Kier molecular flexibility index (Phi) is 9.73. The molecule has 0 aliphatic heterocycles. The highest BCUT2D eigenvalue weighted by Gasteiger charge is 2.07. The van der Waals surface area contributed by atoms with Crippen molar-refractivity contribution in [2.24, 2.45) is 4.99 Å². The standard InChI is InChI=1S/C17H25N5OS.HI/c1-5-18-17(21-11-15-12(3)22-13(4)24-15)20-10-14-8-7-9-19-16(14)23-6-2;/h7-9H,5-6,10-11H2,1-4H3,(H2,18,20,21);1H. The number of rotatable bonds is 7. The average Bonchev–Trinajstić information content (AvgIpc) is 2.89. The van der Waals surface area contributed by atoms with Gasteiger partial charge in [-0.05, 0) is 33.8 Å². The first-order valence-corrected chi connectivity index (χ1v) is 8.97. The minimum atomic E-state index is 0. The molecule has 0 fully saturated rings. The Morgan fingerprint density at radius 2 is 2.08 bits per heavy atom. The van der Waals surface area contributed by atoms with E-state index in [-0.39, 0.29) is 24.0 Å². The molecule has 0 saturated heterocycles. The minimum Gasteiger partial charge on any atom is -0.478 e. The van der Waals surface area contributed by atoms with Gasteiger partial charge in [0, 0.05) is 23.2 Å². The van der Waals surface area contributed by atoms with Crippen LogP contribution in [0.4, 0.5) is 0 Å². The van der Waals surface area contributed by atoms with Gasteiger partial charge in [0.1, 0.15) is 0 Å². The Labute approximate surface area is 170 Å². The normalized spacial score (nSPS) is 11.0. The molecule has 0 bridgehead atoms. The van der Waals surface area contributed by atoms with Gasteiger partial charge in [0.05, 0.1) is 30.4 Å². The minimum absolute atomic E-state index is 0. The summed E-state index contributed by atoms with van der Waals surface area (Å²) in [4.78, 5) is 14.6. The van der Waals surface area contributed by atoms with E-state index >= 15 is 0 Å². The van der Waals surface area contributed by atoms with Gasteiger partial charge < -0.3 is 15.4 Å². The molecule has 0 aromatic carbocycles. The van der Waals surface area contributed by atoms with Crippen LogP contribution < -0.4 is 15.4 Å². The third-order valence-electron chi connectivity index (χ3n) is 3.30. The van der Waals surface area contributed by atoms with Crippen LogP contribution in [0.15, 0.2) is 23.3 Å². The summed E-state index contributed by atoms with van der Waals surface area (Å²) in [6.07, 6.45) is 1.73. The summed E-state index contributed by atoms with van der Waals surface area (Å²) in [5.41, 5.74) is 2.05. The highest BCUT2D eigenvalue weighted by molar-refractivity contribution is 14.0. The van der Waals surface area contributed by atoms with E-state index in [1.807, 2.05) is 32.9 Å². The third-order valence-corrected chi connectivity index (χ3v) is 4.37. The summed E-state index contributed by atoms with van der Waals surface area (Å²) >= 11 is 1.71. The molecular weight excluding hydrogens is 449 g/mol. The zero-order valence-corrected chi connectivity index (χ0v) is 18.3. The summed E-state index contributed by atoms with van der Waals surface area (Å²) in [6.45, 7) is 10.7. The highest BCUT2D eigenvalue weighted by atomic mass is 127. The molecule has 2 heterocycles. The van der Waals surface area contributed by atoms with Gasteiger partial charge in [0.2, 0.25) is 5.88 Å². The fourth-order valence-corrected chi connectivity index (χ4v) is 3.10.